The van der Waals surface area contributed by atoms with Gasteiger partial charge in [0.25, 0.3) is 0 Å². The van der Waals surface area contributed by atoms with Gasteiger partial charge in [-0.1, -0.05) is 0 Å². The predicted molar refractivity (Wildman–Crippen MR) is 50.1 cm³/mol. The van der Waals surface area contributed by atoms with Crippen LogP contribution in [0.4, 0.5) is 0 Å². The highest BCUT2D eigenvalue weighted by Crippen LogP contribution is 2.29. The molecule has 1 unspecified atom stereocenters. The van der Waals surface area contributed by atoms with Gasteiger partial charge in [-0.3, -0.25) is 4.79 Å². The second-order valence-corrected chi connectivity index (χ2v) is 3.60. The fourth-order valence-electron chi connectivity index (χ4n) is 1.68. The van der Waals surface area contributed by atoms with Gasteiger partial charge in [0.2, 0.25) is 0 Å². The zero-order chi connectivity index (χ0) is 10.4. The van der Waals surface area contributed by atoms with Crippen LogP contribution in [0.3, 0.4) is 0 Å². The summed E-state index contributed by atoms with van der Waals surface area (Å²) in [4.78, 5) is 11.0. The molecule has 1 aliphatic heterocycles. The molecule has 0 saturated carbocycles. The lowest BCUT2D eigenvalue weighted by Gasteiger charge is -2.22. The first kappa shape index (κ1) is 11.4. The van der Waals surface area contributed by atoms with Crippen molar-refractivity contribution in [1.82, 2.24) is 5.32 Å². The Morgan fingerprint density at radius 3 is 2.79 bits per heavy atom. The SMILES string of the molecule is O=C(O)C1(CCOCCO)CCNC1. The van der Waals surface area contributed by atoms with Crippen LogP contribution in [0.2, 0.25) is 0 Å². The Kier molecular flexibility index (Phi) is 4.31. The van der Waals surface area contributed by atoms with Crippen molar-refractivity contribution in [2.75, 3.05) is 32.9 Å². The molecule has 1 aliphatic rings. The molecule has 1 heterocycles. The van der Waals surface area contributed by atoms with Gasteiger partial charge in [-0.2, -0.15) is 0 Å². The summed E-state index contributed by atoms with van der Waals surface area (Å²) >= 11 is 0. The quantitative estimate of drug-likeness (QED) is 0.505. The molecule has 0 spiro atoms. The highest BCUT2D eigenvalue weighted by atomic mass is 16.5. The number of aliphatic hydroxyl groups excluding tert-OH is 1. The highest BCUT2D eigenvalue weighted by molar-refractivity contribution is 5.75. The molecule has 0 aromatic heterocycles. The van der Waals surface area contributed by atoms with E-state index >= 15 is 0 Å². The van der Waals surface area contributed by atoms with Crippen molar-refractivity contribution in [1.29, 1.82) is 0 Å². The lowest BCUT2D eigenvalue weighted by Crippen LogP contribution is -2.34. The van der Waals surface area contributed by atoms with Crippen molar-refractivity contribution in [3.8, 4) is 0 Å². The average molecular weight is 203 g/mol. The van der Waals surface area contributed by atoms with Crippen LogP contribution in [0.15, 0.2) is 0 Å². The molecule has 0 aromatic rings. The summed E-state index contributed by atoms with van der Waals surface area (Å²) in [5.41, 5.74) is -0.657. The maximum Gasteiger partial charge on any atom is 0.311 e. The van der Waals surface area contributed by atoms with Gasteiger partial charge in [0, 0.05) is 13.2 Å². The lowest BCUT2D eigenvalue weighted by atomic mass is 9.84. The van der Waals surface area contributed by atoms with Crippen LogP contribution >= 0.6 is 0 Å². The molecule has 1 rings (SSSR count). The fourth-order valence-corrected chi connectivity index (χ4v) is 1.68. The van der Waals surface area contributed by atoms with E-state index in [1.807, 2.05) is 0 Å². The number of aliphatic hydroxyl groups is 1. The van der Waals surface area contributed by atoms with Crippen molar-refractivity contribution in [3.05, 3.63) is 0 Å². The van der Waals surface area contributed by atoms with E-state index in [1.165, 1.54) is 0 Å². The van der Waals surface area contributed by atoms with E-state index in [4.69, 9.17) is 14.9 Å². The van der Waals surface area contributed by atoms with Crippen LogP contribution in [0, 0.1) is 5.41 Å². The average Bonchev–Trinajstić information content (AvgIpc) is 2.62. The summed E-state index contributed by atoms with van der Waals surface area (Å²) in [6, 6.07) is 0. The molecule has 0 aliphatic carbocycles. The molecule has 0 bridgehead atoms. The largest absolute Gasteiger partial charge is 0.481 e. The van der Waals surface area contributed by atoms with E-state index in [1.54, 1.807) is 0 Å². The second-order valence-electron chi connectivity index (χ2n) is 3.60. The van der Waals surface area contributed by atoms with Gasteiger partial charge < -0.3 is 20.3 Å². The van der Waals surface area contributed by atoms with Crippen LogP contribution in [0.5, 0.6) is 0 Å². The minimum Gasteiger partial charge on any atom is -0.481 e. The van der Waals surface area contributed by atoms with Gasteiger partial charge in [-0.05, 0) is 19.4 Å². The number of ether oxygens (including phenoxy) is 1. The van der Waals surface area contributed by atoms with E-state index in [-0.39, 0.29) is 13.2 Å². The molecule has 5 heteroatoms. The number of hydrogen-bond acceptors (Lipinski definition) is 4. The van der Waals surface area contributed by atoms with Gasteiger partial charge in [0.1, 0.15) is 0 Å². The molecule has 0 amide bonds. The van der Waals surface area contributed by atoms with Crippen LogP contribution in [-0.4, -0.2) is 49.1 Å². The fraction of sp³-hybridized carbons (Fsp3) is 0.889. The van der Waals surface area contributed by atoms with Crippen LogP contribution in [0.25, 0.3) is 0 Å². The first-order valence-electron chi connectivity index (χ1n) is 4.84. The predicted octanol–water partition coefficient (Wildman–Crippen LogP) is -0.550. The molecular weight excluding hydrogens is 186 g/mol. The third-order valence-electron chi connectivity index (χ3n) is 2.66. The van der Waals surface area contributed by atoms with E-state index in [0.29, 0.717) is 26.0 Å². The highest BCUT2D eigenvalue weighted by Gasteiger charge is 2.40. The van der Waals surface area contributed by atoms with Crippen molar-refractivity contribution in [3.63, 3.8) is 0 Å². The molecule has 5 nitrogen and oxygen atoms in total. The van der Waals surface area contributed by atoms with Gasteiger partial charge in [0.15, 0.2) is 0 Å². The topological polar surface area (TPSA) is 78.8 Å². The molecule has 82 valence electrons. The third kappa shape index (κ3) is 2.67. The Bertz CT molecular complexity index is 189. The van der Waals surface area contributed by atoms with Gasteiger partial charge in [-0.25, -0.2) is 0 Å². The van der Waals surface area contributed by atoms with Crippen molar-refractivity contribution < 1.29 is 19.7 Å². The number of carboxylic acid groups (broad SMARTS) is 1. The lowest BCUT2D eigenvalue weighted by molar-refractivity contribution is -0.149. The normalized spacial score (nSPS) is 26.6. The van der Waals surface area contributed by atoms with Crippen LogP contribution in [-0.2, 0) is 9.53 Å². The Morgan fingerprint density at radius 2 is 2.29 bits per heavy atom. The Morgan fingerprint density at radius 1 is 1.50 bits per heavy atom. The first-order valence-corrected chi connectivity index (χ1v) is 4.84. The van der Waals surface area contributed by atoms with E-state index in [2.05, 4.69) is 5.32 Å². The minimum atomic E-state index is -0.755. The summed E-state index contributed by atoms with van der Waals surface area (Å²) in [5, 5.41) is 20.6. The van der Waals surface area contributed by atoms with Crippen molar-refractivity contribution >= 4 is 5.97 Å². The molecule has 14 heavy (non-hydrogen) atoms. The second kappa shape index (κ2) is 5.29. The number of carbonyl (C=O) groups is 1. The molecule has 0 radical (unpaired) electrons. The summed E-state index contributed by atoms with van der Waals surface area (Å²) in [7, 11) is 0. The van der Waals surface area contributed by atoms with Gasteiger partial charge >= 0.3 is 5.97 Å². The van der Waals surface area contributed by atoms with Gasteiger partial charge in [0.05, 0.1) is 18.6 Å². The van der Waals surface area contributed by atoms with E-state index in [0.717, 1.165) is 6.54 Å². The third-order valence-corrected chi connectivity index (χ3v) is 2.66. The van der Waals surface area contributed by atoms with Crippen LogP contribution in [0.1, 0.15) is 12.8 Å². The summed E-state index contributed by atoms with van der Waals surface area (Å²) in [6.45, 7) is 1.94. The molecule has 3 N–H and O–H groups in total. The smallest absolute Gasteiger partial charge is 0.311 e. The first-order chi connectivity index (χ1) is 6.71. The van der Waals surface area contributed by atoms with Crippen molar-refractivity contribution in [2.45, 2.75) is 12.8 Å². The summed E-state index contributed by atoms with van der Waals surface area (Å²) in [5.74, 6) is -0.755. The van der Waals surface area contributed by atoms with E-state index in [9.17, 15) is 4.79 Å². The maximum atomic E-state index is 11.0. The Balaban J connectivity index is 2.33. The number of carboxylic acids is 1. The molecule has 0 aromatic carbocycles. The van der Waals surface area contributed by atoms with Crippen molar-refractivity contribution in [2.24, 2.45) is 5.41 Å². The monoisotopic (exact) mass is 203 g/mol. The van der Waals surface area contributed by atoms with E-state index < -0.39 is 11.4 Å². The molecule has 1 atom stereocenters. The molecule has 1 saturated heterocycles. The number of aliphatic carboxylic acids is 1. The minimum absolute atomic E-state index is 0.0156. The number of nitrogens with one attached hydrogen (secondary N) is 1. The summed E-state index contributed by atoms with van der Waals surface area (Å²) < 4.78 is 5.08. The maximum absolute atomic E-state index is 11.0. The zero-order valence-electron chi connectivity index (χ0n) is 8.16. The zero-order valence-corrected chi connectivity index (χ0v) is 8.16. The molecular formula is C9H17NO4. The Labute approximate surface area is 83.1 Å². The molecule has 1 fully saturated rings. The van der Waals surface area contributed by atoms with Gasteiger partial charge in [-0.15, -0.1) is 0 Å². The van der Waals surface area contributed by atoms with Crippen LogP contribution < -0.4 is 5.32 Å². The summed E-state index contributed by atoms with van der Waals surface area (Å²) in [6.07, 6.45) is 1.17. The standard InChI is InChI=1S/C9H17NO4/c11-4-6-14-5-2-9(8(12)13)1-3-10-7-9/h10-11H,1-7H2,(H,12,13). The Hall–Kier alpha value is -0.650. The number of rotatable bonds is 6. The number of hydrogen-bond donors (Lipinski definition) is 3.